The summed E-state index contributed by atoms with van der Waals surface area (Å²) in [6.45, 7) is 2.45. The van der Waals surface area contributed by atoms with E-state index in [2.05, 4.69) is 28.2 Å². The van der Waals surface area contributed by atoms with E-state index >= 15 is 0 Å². The van der Waals surface area contributed by atoms with Gasteiger partial charge in [0, 0.05) is 13.0 Å². The number of nitrogens with one attached hydrogen (secondary N) is 3. The van der Waals surface area contributed by atoms with Gasteiger partial charge in [-0.1, -0.05) is 12.8 Å². The molecule has 6 heteroatoms. The maximum atomic E-state index is 11.4. The smallest absolute Gasteiger partial charge is 0.237 e. The van der Waals surface area contributed by atoms with Crippen molar-refractivity contribution in [1.82, 2.24) is 15.4 Å². The van der Waals surface area contributed by atoms with Crippen molar-refractivity contribution in [3.8, 4) is 0 Å². The highest BCUT2D eigenvalue weighted by molar-refractivity contribution is 7.78. The number of rotatable bonds is 6. The van der Waals surface area contributed by atoms with E-state index in [1.54, 1.807) is 7.05 Å². The second-order valence-electron chi connectivity index (χ2n) is 2.81. The summed E-state index contributed by atoms with van der Waals surface area (Å²) in [5, 5.41) is 5.54. The van der Waals surface area contributed by atoms with Crippen molar-refractivity contribution < 1.29 is 9.59 Å². The van der Waals surface area contributed by atoms with Crippen molar-refractivity contribution in [3.05, 3.63) is 0 Å². The third-order valence-corrected chi connectivity index (χ3v) is 2.05. The molecule has 0 aliphatic heterocycles. The van der Waals surface area contributed by atoms with Crippen LogP contribution in [0.3, 0.4) is 0 Å². The fourth-order valence-corrected chi connectivity index (χ4v) is 1.15. The zero-order chi connectivity index (χ0) is 11.0. The average Bonchev–Trinajstić information content (AvgIpc) is 2.18. The molecule has 5 nitrogen and oxygen atoms in total. The number of amides is 2. The quantitative estimate of drug-likeness (QED) is 0.453. The molecule has 0 saturated carbocycles. The predicted molar refractivity (Wildman–Crippen MR) is 57.9 cm³/mol. The van der Waals surface area contributed by atoms with Gasteiger partial charge in [0.25, 0.3) is 0 Å². The first kappa shape index (κ1) is 13.2. The number of carbonyl (C=O) groups excluding carboxylic acids is 2. The summed E-state index contributed by atoms with van der Waals surface area (Å²) in [6, 6.07) is -0.319. The minimum atomic E-state index is -0.319. The van der Waals surface area contributed by atoms with Crippen molar-refractivity contribution >= 4 is 24.6 Å². The number of hydrogen-bond donors (Lipinski definition) is 4. The van der Waals surface area contributed by atoms with Crippen LogP contribution in [-0.4, -0.2) is 31.4 Å². The average molecular weight is 219 g/mol. The van der Waals surface area contributed by atoms with Gasteiger partial charge in [-0.2, -0.15) is 0 Å². The van der Waals surface area contributed by atoms with Gasteiger partial charge in [0.05, 0.1) is 6.04 Å². The van der Waals surface area contributed by atoms with Gasteiger partial charge in [0.1, 0.15) is 0 Å². The van der Waals surface area contributed by atoms with Gasteiger partial charge in [-0.05, 0) is 20.4 Å². The molecule has 0 aliphatic carbocycles. The SMILES string of the molecule is CCNC(=O)C(CCC(=O)NS)NC. The lowest BCUT2D eigenvalue weighted by Gasteiger charge is -2.14. The molecular formula is C8H17N3O2S. The molecule has 0 saturated heterocycles. The zero-order valence-electron chi connectivity index (χ0n) is 8.46. The Morgan fingerprint density at radius 2 is 2.07 bits per heavy atom. The molecule has 0 spiro atoms. The van der Waals surface area contributed by atoms with Crippen LogP contribution in [-0.2, 0) is 9.59 Å². The Labute approximate surface area is 89.6 Å². The topological polar surface area (TPSA) is 70.2 Å². The molecule has 1 atom stereocenters. The van der Waals surface area contributed by atoms with Crippen LogP contribution < -0.4 is 15.4 Å². The first-order valence-electron chi connectivity index (χ1n) is 4.53. The van der Waals surface area contributed by atoms with Crippen molar-refractivity contribution in [2.45, 2.75) is 25.8 Å². The normalized spacial score (nSPS) is 11.9. The van der Waals surface area contributed by atoms with Crippen LogP contribution in [0.5, 0.6) is 0 Å². The van der Waals surface area contributed by atoms with E-state index in [4.69, 9.17) is 0 Å². The molecule has 0 aromatic carbocycles. The highest BCUT2D eigenvalue weighted by Gasteiger charge is 2.16. The Morgan fingerprint density at radius 1 is 1.43 bits per heavy atom. The summed E-state index contributed by atoms with van der Waals surface area (Å²) >= 11 is 3.62. The maximum absolute atomic E-state index is 11.4. The Hall–Kier alpha value is -0.750. The molecule has 82 valence electrons. The van der Waals surface area contributed by atoms with E-state index in [0.29, 0.717) is 13.0 Å². The van der Waals surface area contributed by atoms with Gasteiger partial charge in [-0.3, -0.25) is 9.59 Å². The molecule has 0 bridgehead atoms. The Bertz CT molecular complexity index is 199. The number of likely N-dealkylation sites (N-methyl/N-ethyl adjacent to an activating group) is 2. The molecule has 0 aromatic rings. The summed E-state index contributed by atoms with van der Waals surface area (Å²) < 4.78 is 2.21. The van der Waals surface area contributed by atoms with Crippen LogP contribution in [0, 0.1) is 0 Å². The lowest BCUT2D eigenvalue weighted by Crippen LogP contribution is -2.43. The fraction of sp³-hybridized carbons (Fsp3) is 0.750. The zero-order valence-corrected chi connectivity index (χ0v) is 9.36. The van der Waals surface area contributed by atoms with Crippen LogP contribution in [0.15, 0.2) is 0 Å². The number of carbonyl (C=O) groups is 2. The lowest BCUT2D eigenvalue weighted by molar-refractivity contribution is -0.123. The molecule has 2 amide bonds. The molecule has 0 radical (unpaired) electrons. The van der Waals surface area contributed by atoms with Crippen molar-refractivity contribution in [2.24, 2.45) is 0 Å². The number of thiol groups is 1. The van der Waals surface area contributed by atoms with Gasteiger partial charge >= 0.3 is 0 Å². The van der Waals surface area contributed by atoms with Crippen LogP contribution in [0.25, 0.3) is 0 Å². The van der Waals surface area contributed by atoms with Crippen LogP contribution >= 0.6 is 12.8 Å². The lowest BCUT2D eigenvalue weighted by atomic mass is 10.1. The summed E-state index contributed by atoms with van der Waals surface area (Å²) in [5.41, 5.74) is 0. The standard InChI is InChI=1S/C8H17N3O2S/c1-3-10-8(13)6(9-2)4-5-7(12)11-14/h6,9,14H,3-5H2,1-2H3,(H,10,13)(H,11,12). The molecule has 3 N–H and O–H groups in total. The third-order valence-electron chi connectivity index (χ3n) is 1.80. The summed E-state index contributed by atoms with van der Waals surface area (Å²) in [4.78, 5) is 22.2. The van der Waals surface area contributed by atoms with E-state index in [1.165, 1.54) is 0 Å². The minimum absolute atomic E-state index is 0.0815. The second kappa shape index (κ2) is 7.64. The van der Waals surface area contributed by atoms with Crippen molar-refractivity contribution in [2.75, 3.05) is 13.6 Å². The van der Waals surface area contributed by atoms with Crippen molar-refractivity contribution in [3.63, 3.8) is 0 Å². The molecular weight excluding hydrogens is 202 g/mol. The third kappa shape index (κ3) is 5.08. The van der Waals surface area contributed by atoms with Crippen LogP contribution in [0.1, 0.15) is 19.8 Å². The van der Waals surface area contributed by atoms with E-state index < -0.39 is 0 Å². The number of hydrogen-bond acceptors (Lipinski definition) is 4. The Morgan fingerprint density at radius 3 is 2.50 bits per heavy atom. The fourth-order valence-electron chi connectivity index (χ4n) is 1.04. The Kier molecular flexibility index (Phi) is 7.23. The molecule has 0 fully saturated rings. The first-order valence-corrected chi connectivity index (χ1v) is 4.98. The van der Waals surface area contributed by atoms with Gasteiger partial charge < -0.3 is 15.4 Å². The minimum Gasteiger partial charge on any atom is -0.355 e. The predicted octanol–water partition coefficient (Wildman–Crippen LogP) is -0.548. The van der Waals surface area contributed by atoms with Crippen LogP contribution in [0.4, 0.5) is 0 Å². The molecule has 0 aliphatic rings. The summed E-state index contributed by atoms with van der Waals surface area (Å²) in [6.07, 6.45) is 0.751. The van der Waals surface area contributed by atoms with Gasteiger partial charge in [0.2, 0.25) is 11.8 Å². The van der Waals surface area contributed by atoms with E-state index in [0.717, 1.165) is 0 Å². The highest BCUT2D eigenvalue weighted by atomic mass is 32.1. The highest BCUT2D eigenvalue weighted by Crippen LogP contribution is 1.97. The second-order valence-corrected chi connectivity index (χ2v) is 3.03. The van der Waals surface area contributed by atoms with Gasteiger partial charge in [0.15, 0.2) is 0 Å². The van der Waals surface area contributed by atoms with E-state index in [9.17, 15) is 9.59 Å². The maximum Gasteiger partial charge on any atom is 0.237 e. The Balaban J connectivity index is 3.90. The van der Waals surface area contributed by atoms with E-state index in [-0.39, 0.29) is 24.3 Å². The largest absolute Gasteiger partial charge is 0.355 e. The first-order chi connectivity index (χ1) is 6.65. The molecule has 0 rings (SSSR count). The van der Waals surface area contributed by atoms with Crippen molar-refractivity contribution in [1.29, 1.82) is 0 Å². The molecule has 0 aromatic heterocycles. The monoisotopic (exact) mass is 219 g/mol. The van der Waals surface area contributed by atoms with E-state index in [1.807, 2.05) is 6.92 Å². The molecule has 1 unspecified atom stereocenters. The molecule has 0 heterocycles. The van der Waals surface area contributed by atoms with Gasteiger partial charge in [-0.25, -0.2) is 0 Å². The molecule has 14 heavy (non-hydrogen) atoms. The van der Waals surface area contributed by atoms with Gasteiger partial charge in [-0.15, -0.1) is 0 Å². The summed E-state index contributed by atoms with van der Waals surface area (Å²) in [5.74, 6) is -0.264. The summed E-state index contributed by atoms with van der Waals surface area (Å²) in [7, 11) is 1.69. The van der Waals surface area contributed by atoms with Crippen LogP contribution in [0.2, 0.25) is 0 Å².